The van der Waals surface area contributed by atoms with Crippen molar-refractivity contribution in [3.63, 3.8) is 0 Å². The molecule has 2 N–H and O–H groups in total. The van der Waals surface area contributed by atoms with Crippen LogP contribution in [-0.2, 0) is 6.61 Å². The number of anilines is 1. The Bertz CT molecular complexity index is 752. The van der Waals surface area contributed by atoms with Crippen molar-refractivity contribution in [3.8, 4) is 5.75 Å². The fourth-order valence-corrected chi connectivity index (χ4v) is 2.38. The van der Waals surface area contributed by atoms with Crippen LogP contribution in [0.1, 0.15) is 21.1 Å². The van der Waals surface area contributed by atoms with E-state index in [2.05, 4.69) is 25.5 Å². The Kier molecular flexibility index (Phi) is 4.10. The van der Waals surface area contributed by atoms with Gasteiger partial charge in [0.2, 0.25) is 5.95 Å². The highest BCUT2D eigenvalue weighted by atomic mass is 32.1. The van der Waals surface area contributed by atoms with Gasteiger partial charge in [0.1, 0.15) is 29.4 Å². The predicted molar refractivity (Wildman–Crippen MR) is 82.0 cm³/mol. The van der Waals surface area contributed by atoms with Crippen LogP contribution in [0.15, 0.2) is 36.0 Å². The van der Waals surface area contributed by atoms with Gasteiger partial charge in [-0.3, -0.25) is 10.1 Å². The highest BCUT2D eigenvalue weighted by Crippen LogP contribution is 2.16. The lowest BCUT2D eigenvalue weighted by Crippen LogP contribution is -2.13. The SMILES string of the molecule is Cc1ccc(OCc2nc(C(=O)Nc3ncn[nH]3)cs2)cc1. The molecule has 0 unspecified atom stereocenters. The summed E-state index contributed by atoms with van der Waals surface area (Å²) in [6.45, 7) is 2.34. The highest BCUT2D eigenvalue weighted by molar-refractivity contribution is 7.09. The molecule has 0 bridgehead atoms. The number of benzene rings is 1. The molecule has 0 aliphatic rings. The second-order valence-corrected chi connectivity index (χ2v) is 5.46. The molecule has 0 radical (unpaired) electrons. The number of H-pyrrole nitrogens is 1. The normalized spacial score (nSPS) is 10.4. The van der Waals surface area contributed by atoms with Gasteiger partial charge in [-0.1, -0.05) is 17.7 Å². The van der Waals surface area contributed by atoms with Gasteiger partial charge in [0.05, 0.1) is 0 Å². The summed E-state index contributed by atoms with van der Waals surface area (Å²) in [6, 6.07) is 7.77. The van der Waals surface area contributed by atoms with Crippen LogP contribution in [0.4, 0.5) is 5.95 Å². The van der Waals surface area contributed by atoms with Crippen LogP contribution in [0.25, 0.3) is 0 Å². The van der Waals surface area contributed by atoms with Gasteiger partial charge >= 0.3 is 0 Å². The first-order valence-electron chi connectivity index (χ1n) is 6.51. The van der Waals surface area contributed by atoms with Crippen molar-refractivity contribution in [1.29, 1.82) is 0 Å². The molecule has 1 aromatic carbocycles. The summed E-state index contributed by atoms with van der Waals surface area (Å²) in [7, 11) is 0. The number of aryl methyl sites for hydroxylation is 1. The van der Waals surface area contributed by atoms with Gasteiger partial charge in [-0.15, -0.1) is 11.3 Å². The van der Waals surface area contributed by atoms with E-state index in [1.165, 1.54) is 23.2 Å². The van der Waals surface area contributed by atoms with Crippen molar-refractivity contribution in [2.45, 2.75) is 13.5 Å². The summed E-state index contributed by atoms with van der Waals surface area (Å²) in [5, 5.41) is 11.2. The number of thiazole rings is 1. The number of nitrogens with one attached hydrogen (secondary N) is 2. The van der Waals surface area contributed by atoms with Gasteiger partial charge in [0, 0.05) is 5.38 Å². The molecule has 0 fully saturated rings. The summed E-state index contributed by atoms with van der Waals surface area (Å²) in [5.74, 6) is 0.721. The predicted octanol–water partition coefficient (Wildman–Crippen LogP) is 2.40. The van der Waals surface area contributed by atoms with Crippen LogP contribution in [-0.4, -0.2) is 26.1 Å². The second kappa shape index (κ2) is 6.35. The fourth-order valence-electron chi connectivity index (χ4n) is 1.70. The van der Waals surface area contributed by atoms with Crippen LogP contribution in [0, 0.1) is 6.92 Å². The number of carbonyl (C=O) groups excluding carboxylic acids is 1. The zero-order chi connectivity index (χ0) is 15.4. The molecule has 0 spiro atoms. The van der Waals surface area contributed by atoms with Crippen molar-refractivity contribution in [2.75, 3.05) is 5.32 Å². The largest absolute Gasteiger partial charge is 0.486 e. The average molecular weight is 315 g/mol. The summed E-state index contributed by atoms with van der Waals surface area (Å²) in [6.07, 6.45) is 1.32. The molecule has 1 amide bonds. The van der Waals surface area contributed by atoms with E-state index in [9.17, 15) is 4.79 Å². The first-order chi connectivity index (χ1) is 10.7. The van der Waals surface area contributed by atoms with Crippen molar-refractivity contribution in [3.05, 3.63) is 52.2 Å². The first kappa shape index (κ1) is 14.2. The molecular weight excluding hydrogens is 302 g/mol. The van der Waals surface area contributed by atoms with Crippen molar-refractivity contribution >= 4 is 23.2 Å². The van der Waals surface area contributed by atoms with Gasteiger partial charge in [0.15, 0.2) is 0 Å². The number of aromatic nitrogens is 4. The lowest BCUT2D eigenvalue weighted by atomic mass is 10.2. The van der Waals surface area contributed by atoms with E-state index in [1.807, 2.05) is 31.2 Å². The minimum Gasteiger partial charge on any atom is -0.486 e. The first-order valence-corrected chi connectivity index (χ1v) is 7.39. The van der Waals surface area contributed by atoms with E-state index in [-0.39, 0.29) is 11.9 Å². The molecular formula is C14H13N5O2S. The Labute approximate surface area is 130 Å². The van der Waals surface area contributed by atoms with Gasteiger partial charge in [-0.05, 0) is 19.1 Å². The van der Waals surface area contributed by atoms with E-state index < -0.39 is 0 Å². The fraction of sp³-hybridized carbons (Fsp3) is 0.143. The summed E-state index contributed by atoms with van der Waals surface area (Å²) in [4.78, 5) is 20.0. The van der Waals surface area contributed by atoms with E-state index in [4.69, 9.17) is 4.74 Å². The van der Waals surface area contributed by atoms with Crippen LogP contribution in [0.5, 0.6) is 5.75 Å². The summed E-state index contributed by atoms with van der Waals surface area (Å²) < 4.78 is 5.63. The molecule has 22 heavy (non-hydrogen) atoms. The van der Waals surface area contributed by atoms with E-state index in [1.54, 1.807) is 5.38 Å². The maximum atomic E-state index is 11.9. The van der Waals surface area contributed by atoms with Gasteiger partial charge in [-0.2, -0.15) is 10.1 Å². The Morgan fingerprint density at radius 3 is 2.91 bits per heavy atom. The quantitative estimate of drug-likeness (QED) is 0.754. The topological polar surface area (TPSA) is 92.8 Å². The molecule has 112 valence electrons. The Morgan fingerprint density at radius 2 is 2.18 bits per heavy atom. The number of amides is 1. The maximum Gasteiger partial charge on any atom is 0.277 e. The maximum absolute atomic E-state index is 11.9. The van der Waals surface area contributed by atoms with E-state index in [0.29, 0.717) is 12.3 Å². The highest BCUT2D eigenvalue weighted by Gasteiger charge is 2.12. The number of aromatic amines is 1. The number of nitrogens with zero attached hydrogens (tertiary/aromatic N) is 3. The van der Waals surface area contributed by atoms with Crippen molar-refractivity contribution in [2.24, 2.45) is 0 Å². The second-order valence-electron chi connectivity index (χ2n) is 4.52. The average Bonchev–Trinajstić information content (AvgIpc) is 3.18. The lowest BCUT2D eigenvalue weighted by molar-refractivity contribution is 0.102. The molecule has 0 saturated heterocycles. The standard InChI is InChI=1S/C14H13N5O2S/c1-9-2-4-10(5-3-9)21-6-12-17-11(7-22-12)13(20)18-14-15-8-16-19-14/h2-5,7-8H,6H2,1H3,(H2,15,16,18,19,20). The van der Waals surface area contributed by atoms with Crippen molar-refractivity contribution in [1.82, 2.24) is 20.2 Å². The van der Waals surface area contributed by atoms with Gasteiger partial charge in [0.25, 0.3) is 5.91 Å². The number of hydrogen-bond acceptors (Lipinski definition) is 6. The van der Waals surface area contributed by atoms with Gasteiger partial charge in [-0.25, -0.2) is 10.1 Å². The number of carbonyl (C=O) groups is 1. The third-order valence-electron chi connectivity index (χ3n) is 2.81. The van der Waals surface area contributed by atoms with E-state index in [0.717, 1.165) is 10.8 Å². The van der Waals surface area contributed by atoms with Crippen molar-refractivity contribution < 1.29 is 9.53 Å². The molecule has 0 atom stereocenters. The molecule has 2 heterocycles. The molecule has 8 heteroatoms. The molecule has 0 aliphatic heterocycles. The van der Waals surface area contributed by atoms with Gasteiger partial charge < -0.3 is 4.74 Å². The minimum absolute atomic E-state index is 0.287. The zero-order valence-electron chi connectivity index (χ0n) is 11.7. The Morgan fingerprint density at radius 1 is 1.36 bits per heavy atom. The van der Waals surface area contributed by atoms with Crippen LogP contribution in [0.2, 0.25) is 0 Å². The smallest absolute Gasteiger partial charge is 0.277 e. The number of ether oxygens (including phenoxy) is 1. The zero-order valence-corrected chi connectivity index (χ0v) is 12.6. The summed E-state index contributed by atoms with van der Waals surface area (Å²) >= 11 is 1.37. The summed E-state index contributed by atoms with van der Waals surface area (Å²) in [5.41, 5.74) is 1.50. The lowest BCUT2D eigenvalue weighted by Gasteiger charge is -2.03. The number of hydrogen-bond donors (Lipinski definition) is 2. The Hall–Kier alpha value is -2.74. The monoisotopic (exact) mass is 315 g/mol. The molecule has 7 nitrogen and oxygen atoms in total. The molecule has 3 rings (SSSR count). The van der Waals surface area contributed by atoms with Crippen LogP contribution >= 0.6 is 11.3 Å². The third kappa shape index (κ3) is 3.47. The minimum atomic E-state index is -0.338. The third-order valence-corrected chi connectivity index (χ3v) is 3.64. The van der Waals surface area contributed by atoms with Crippen LogP contribution < -0.4 is 10.1 Å². The molecule has 3 aromatic rings. The molecule has 2 aromatic heterocycles. The number of rotatable bonds is 5. The molecule has 0 saturated carbocycles. The molecule has 0 aliphatic carbocycles. The van der Waals surface area contributed by atoms with Crippen LogP contribution in [0.3, 0.4) is 0 Å². The Balaban J connectivity index is 1.58. The van der Waals surface area contributed by atoms with E-state index >= 15 is 0 Å².